The number of hydrogen-bond donors (Lipinski definition) is 0. The summed E-state index contributed by atoms with van der Waals surface area (Å²) in [7, 11) is -3.48. The molecule has 1 aromatic rings. The monoisotopic (exact) mass is 367 g/mol. The number of halogens is 2. The summed E-state index contributed by atoms with van der Waals surface area (Å²) in [5.41, 5.74) is 0. The van der Waals surface area contributed by atoms with Gasteiger partial charge in [0.1, 0.15) is 0 Å². The molecular weight excluding hydrogens is 354 g/mol. The molecule has 0 aliphatic carbocycles. The standard InChI is InChI=1S/C12H15BrClNO3S/c1-9-7-15(8-11(6-14)18-9)19(16,17)12-4-2-10(13)3-5-12/h2-5,9,11H,6-8H2,1H3. The zero-order valence-corrected chi connectivity index (χ0v) is 13.6. The lowest BCUT2D eigenvalue weighted by atomic mass is 10.3. The van der Waals surface area contributed by atoms with Crippen LogP contribution in [0.2, 0.25) is 0 Å². The third-order valence-corrected chi connectivity index (χ3v) is 5.64. The molecule has 7 heteroatoms. The number of rotatable bonds is 3. The average molecular weight is 369 g/mol. The van der Waals surface area contributed by atoms with Crippen LogP contribution in [-0.4, -0.2) is 43.9 Å². The van der Waals surface area contributed by atoms with Gasteiger partial charge < -0.3 is 4.74 Å². The molecule has 4 nitrogen and oxygen atoms in total. The fraction of sp³-hybridized carbons (Fsp3) is 0.500. The Morgan fingerprint density at radius 3 is 2.58 bits per heavy atom. The van der Waals surface area contributed by atoms with Crippen LogP contribution in [0.1, 0.15) is 6.92 Å². The van der Waals surface area contributed by atoms with Crippen LogP contribution in [-0.2, 0) is 14.8 Å². The summed E-state index contributed by atoms with van der Waals surface area (Å²) in [6.45, 7) is 2.50. The Morgan fingerprint density at radius 2 is 2.00 bits per heavy atom. The lowest BCUT2D eigenvalue weighted by Gasteiger charge is -2.35. The molecule has 0 spiro atoms. The largest absolute Gasteiger partial charge is 0.371 e. The van der Waals surface area contributed by atoms with E-state index in [9.17, 15) is 8.42 Å². The van der Waals surface area contributed by atoms with E-state index in [1.54, 1.807) is 24.3 Å². The molecule has 1 aliphatic rings. The molecule has 2 unspecified atom stereocenters. The molecular formula is C12H15BrClNO3S. The third-order valence-electron chi connectivity index (χ3n) is 2.92. The van der Waals surface area contributed by atoms with Gasteiger partial charge in [-0.25, -0.2) is 8.42 Å². The molecule has 0 bridgehead atoms. The van der Waals surface area contributed by atoms with Gasteiger partial charge in [0.15, 0.2) is 0 Å². The Labute approximate surface area is 126 Å². The average Bonchev–Trinajstić information content (AvgIpc) is 2.38. The molecule has 2 rings (SSSR count). The number of nitrogens with zero attached hydrogens (tertiary/aromatic N) is 1. The lowest BCUT2D eigenvalue weighted by Crippen LogP contribution is -2.49. The lowest BCUT2D eigenvalue weighted by molar-refractivity contribution is -0.0423. The van der Waals surface area contributed by atoms with Gasteiger partial charge in [-0.3, -0.25) is 0 Å². The Morgan fingerprint density at radius 1 is 1.37 bits per heavy atom. The molecule has 0 amide bonds. The summed E-state index contributed by atoms with van der Waals surface area (Å²) in [4.78, 5) is 0.290. The van der Waals surface area contributed by atoms with E-state index in [1.165, 1.54) is 4.31 Å². The van der Waals surface area contributed by atoms with E-state index in [2.05, 4.69) is 15.9 Å². The van der Waals surface area contributed by atoms with Gasteiger partial charge in [0.05, 0.1) is 17.1 Å². The molecule has 0 saturated carbocycles. The fourth-order valence-electron chi connectivity index (χ4n) is 2.04. The van der Waals surface area contributed by atoms with E-state index in [-0.39, 0.29) is 23.0 Å². The molecule has 106 valence electrons. The van der Waals surface area contributed by atoms with Gasteiger partial charge in [-0.2, -0.15) is 4.31 Å². The smallest absolute Gasteiger partial charge is 0.243 e. The highest BCUT2D eigenvalue weighted by atomic mass is 79.9. The van der Waals surface area contributed by atoms with Gasteiger partial charge in [-0.15, -0.1) is 11.6 Å². The summed E-state index contributed by atoms with van der Waals surface area (Å²) in [6.07, 6.45) is -0.404. The van der Waals surface area contributed by atoms with E-state index in [1.807, 2.05) is 6.92 Å². The first-order valence-electron chi connectivity index (χ1n) is 5.90. The van der Waals surface area contributed by atoms with Crippen molar-refractivity contribution in [3.63, 3.8) is 0 Å². The molecule has 1 saturated heterocycles. The van der Waals surface area contributed by atoms with Crippen molar-refractivity contribution in [3.05, 3.63) is 28.7 Å². The normalized spacial score (nSPS) is 25.4. The minimum atomic E-state index is -3.48. The van der Waals surface area contributed by atoms with Crippen LogP contribution >= 0.6 is 27.5 Å². The van der Waals surface area contributed by atoms with Crippen LogP contribution in [0.4, 0.5) is 0 Å². The topological polar surface area (TPSA) is 46.6 Å². The predicted octanol–water partition coefficient (Wildman–Crippen LogP) is 2.47. The maximum absolute atomic E-state index is 12.5. The Hall–Kier alpha value is -0.140. The minimum absolute atomic E-state index is 0.150. The van der Waals surface area contributed by atoms with E-state index >= 15 is 0 Å². The highest BCUT2D eigenvalue weighted by molar-refractivity contribution is 9.10. The van der Waals surface area contributed by atoms with Crippen LogP contribution in [0.15, 0.2) is 33.6 Å². The predicted molar refractivity (Wildman–Crippen MR) is 78.0 cm³/mol. The molecule has 0 aromatic heterocycles. The Bertz CT molecular complexity index is 534. The van der Waals surface area contributed by atoms with E-state index in [4.69, 9.17) is 16.3 Å². The van der Waals surface area contributed by atoms with Crippen LogP contribution in [0.25, 0.3) is 0 Å². The number of morpholine rings is 1. The molecule has 1 aliphatic heterocycles. The molecule has 1 heterocycles. The minimum Gasteiger partial charge on any atom is -0.371 e. The highest BCUT2D eigenvalue weighted by Crippen LogP contribution is 2.22. The second-order valence-corrected chi connectivity index (χ2v) is 7.66. The van der Waals surface area contributed by atoms with Gasteiger partial charge in [0.2, 0.25) is 10.0 Å². The summed E-state index contributed by atoms with van der Waals surface area (Å²) in [5.74, 6) is 0.288. The summed E-state index contributed by atoms with van der Waals surface area (Å²) in [5, 5.41) is 0. The van der Waals surface area contributed by atoms with Gasteiger partial charge in [0, 0.05) is 23.4 Å². The van der Waals surface area contributed by atoms with E-state index in [0.29, 0.717) is 13.1 Å². The number of benzene rings is 1. The van der Waals surface area contributed by atoms with Crippen molar-refractivity contribution in [2.75, 3.05) is 19.0 Å². The first kappa shape index (κ1) is 15.3. The maximum atomic E-state index is 12.5. The quantitative estimate of drug-likeness (QED) is 0.770. The van der Waals surface area contributed by atoms with Gasteiger partial charge >= 0.3 is 0 Å². The first-order chi connectivity index (χ1) is 8.93. The van der Waals surface area contributed by atoms with E-state index in [0.717, 1.165) is 4.47 Å². The zero-order chi connectivity index (χ0) is 14.0. The summed E-state index contributed by atoms with van der Waals surface area (Å²) >= 11 is 9.07. The number of sulfonamides is 1. The SMILES string of the molecule is CC1CN(S(=O)(=O)c2ccc(Br)cc2)CC(CCl)O1. The fourth-order valence-corrected chi connectivity index (χ4v) is 4.02. The molecule has 1 aromatic carbocycles. The third kappa shape index (κ3) is 3.49. The molecule has 2 atom stereocenters. The summed E-state index contributed by atoms with van der Waals surface area (Å²) < 4.78 is 32.9. The molecule has 0 radical (unpaired) electrons. The van der Waals surface area contributed by atoms with Gasteiger partial charge in [-0.1, -0.05) is 15.9 Å². The first-order valence-corrected chi connectivity index (χ1v) is 8.67. The van der Waals surface area contributed by atoms with Crippen molar-refractivity contribution in [2.24, 2.45) is 0 Å². The zero-order valence-electron chi connectivity index (χ0n) is 10.4. The summed E-state index contributed by atoms with van der Waals surface area (Å²) in [6, 6.07) is 6.62. The number of hydrogen-bond acceptors (Lipinski definition) is 3. The van der Waals surface area contributed by atoms with Crippen LogP contribution in [0.3, 0.4) is 0 Å². The Kier molecular flexibility index (Phi) is 4.89. The highest BCUT2D eigenvalue weighted by Gasteiger charge is 2.33. The van der Waals surface area contributed by atoms with Crippen molar-refractivity contribution < 1.29 is 13.2 Å². The molecule has 19 heavy (non-hydrogen) atoms. The van der Waals surface area contributed by atoms with Crippen molar-refractivity contribution in [3.8, 4) is 0 Å². The second-order valence-electron chi connectivity index (χ2n) is 4.50. The van der Waals surface area contributed by atoms with Crippen LogP contribution in [0.5, 0.6) is 0 Å². The van der Waals surface area contributed by atoms with Gasteiger partial charge in [-0.05, 0) is 31.2 Å². The van der Waals surface area contributed by atoms with Crippen LogP contribution in [0, 0.1) is 0 Å². The Balaban J connectivity index is 2.26. The maximum Gasteiger partial charge on any atom is 0.243 e. The van der Waals surface area contributed by atoms with E-state index < -0.39 is 10.0 Å². The molecule has 1 fully saturated rings. The van der Waals surface area contributed by atoms with Crippen molar-refractivity contribution in [1.29, 1.82) is 0 Å². The second kappa shape index (κ2) is 6.10. The molecule has 0 N–H and O–H groups in total. The van der Waals surface area contributed by atoms with Crippen LogP contribution < -0.4 is 0 Å². The van der Waals surface area contributed by atoms with Crippen molar-refractivity contribution in [1.82, 2.24) is 4.31 Å². The van der Waals surface area contributed by atoms with Crippen molar-refractivity contribution >= 4 is 37.6 Å². The van der Waals surface area contributed by atoms with Gasteiger partial charge in [0.25, 0.3) is 0 Å². The number of ether oxygens (including phenoxy) is 1. The van der Waals surface area contributed by atoms with Crippen molar-refractivity contribution in [2.45, 2.75) is 24.0 Å². The number of alkyl halides is 1.